The van der Waals surface area contributed by atoms with Gasteiger partial charge in [-0.15, -0.1) is 0 Å². The monoisotopic (exact) mass is 205 g/mol. The molecule has 0 spiro atoms. The average Bonchev–Trinajstić information content (AvgIpc) is 1.88. The summed E-state index contributed by atoms with van der Waals surface area (Å²) in [6.45, 7) is 4.46. The van der Waals surface area contributed by atoms with Crippen LogP contribution in [0.4, 0.5) is 0 Å². The molecular weight excluding hydrogens is 193 g/mol. The summed E-state index contributed by atoms with van der Waals surface area (Å²) in [7, 11) is -3.66. The summed E-state index contributed by atoms with van der Waals surface area (Å²) in [5.41, 5.74) is 4.53. The minimum absolute atomic E-state index is 0. The molecular formula is C5H12NNaO4S. The molecule has 68 valence electrons. The Kier molecular flexibility index (Phi) is 13.8. The van der Waals surface area contributed by atoms with Crippen molar-refractivity contribution in [1.29, 1.82) is 0 Å². The molecule has 0 aromatic carbocycles. The zero-order valence-corrected chi connectivity index (χ0v) is 6.97. The van der Waals surface area contributed by atoms with Gasteiger partial charge in [-0.1, -0.05) is 6.58 Å². The van der Waals surface area contributed by atoms with Gasteiger partial charge in [0.05, 0.1) is 5.75 Å². The molecule has 7 heteroatoms. The van der Waals surface area contributed by atoms with Crippen LogP contribution in [-0.2, 0) is 14.9 Å². The van der Waals surface area contributed by atoms with Crippen LogP contribution in [0.3, 0.4) is 0 Å². The fourth-order valence-corrected chi connectivity index (χ4v) is 0. The van der Waals surface area contributed by atoms with Gasteiger partial charge in [-0.2, -0.15) is 8.42 Å². The van der Waals surface area contributed by atoms with Crippen LogP contribution in [0.1, 0.15) is 6.92 Å². The standard InChI is InChI=1S/C3H5NO.C2H6O3S.Na.H/c1-2-3(4)5;1-2-6(3,4)5;;/h2H,1H2,(H2,4,5);2H2,1H3,(H,3,4,5);;. The van der Waals surface area contributed by atoms with Gasteiger partial charge in [0.25, 0.3) is 10.1 Å². The van der Waals surface area contributed by atoms with Crippen molar-refractivity contribution in [1.82, 2.24) is 0 Å². The number of rotatable bonds is 2. The number of carbonyl (C=O) groups excluding carboxylic acids is 1. The van der Waals surface area contributed by atoms with E-state index in [1.807, 2.05) is 0 Å². The maximum absolute atomic E-state index is 9.56. The zero-order chi connectivity index (χ0) is 9.49. The molecule has 1 amide bonds. The zero-order valence-electron chi connectivity index (χ0n) is 6.15. The van der Waals surface area contributed by atoms with E-state index in [0.29, 0.717) is 0 Å². The number of carbonyl (C=O) groups is 1. The van der Waals surface area contributed by atoms with Gasteiger partial charge in [0.15, 0.2) is 0 Å². The maximum atomic E-state index is 9.56. The van der Waals surface area contributed by atoms with Crippen LogP contribution in [0.25, 0.3) is 0 Å². The number of hydrogen-bond acceptors (Lipinski definition) is 3. The Morgan fingerprint density at radius 3 is 1.83 bits per heavy atom. The van der Waals surface area contributed by atoms with E-state index in [9.17, 15) is 13.2 Å². The molecule has 12 heavy (non-hydrogen) atoms. The van der Waals surface area contributed by atoms with Crippen LogP contribution in [-0.4, -0.2) is 54.2 Å². The van der Waals surface area contributed by atoms with Gasteiger partial charge < -0.3 is 5.73 Å². The van der Waals surface area contributed by atoms with Gasteiger partial charge in [-0.05, 0) is 13.0 Å². The summed E-state index contributed by atoms with van der Waals surface area (Å²) >= 11 is 0. The Bertz CT molecular complexity index is 224. The topological polar surface area (TPSA) is 97.5 Å². The van der Waals surface area contributed by atoms with Crippen LogP contribution in [0, 0.1) is 0 Å². The van der Waals surface area contributed by atoms with Gasteiger partial charge in [-0.25, -0.2) is 0 Å². The molecule has 3 N–H and O–H groups in total. The fraction of sp³-hybridized carbons (Fsp3) is 0.400. The van der Waals surface area contributed by atoms with E-state index in [0.717, 1.165) is 6.08 Å². The quantitative estimate of drug-likeness (QED) is 0.340. The second-order valence-electron chi connectivity index (χ2n) is 1.48. The van der Waals surface area contributed by atoms with Gasteiger partial charge in [-0.3, -0.25) is 9.35 Å². The predicted molar refractivity (Wildman–Crippen MR) is 48.6 cm³/mol. The molecule has 0 aromatic rings. The Morgan fingerprint density at radius 2 is 1.83 bits per heavy atom. The molecule has 0 aliphatic rings. The number of primary amides is 1. The summed E-state index contributed by atoms with van der Waals surface area (Å²) in [6.07, 6.45) is 1.06. The molecule has 0 bridgehead atoms. The minimum atomic E-state index is -3.66. The average molecular weight is 205 g/mol. The van der Waals surface area contributed by atoms with Gasteiger partial charge >= 0.3 is 29.6 Å². The molecule has 0 heterocycles. The van der Waals surface area contributed by atoms with Crippen LogP contribution >= 0.6 is 0 Å². The first-order valence-corrected chi connectivity index (χ1v) is 4.31. The third-order valence-electron chi connectivity index (χ3n) is 0.566. The van der Waals surface area contributed by atoms with Crippen LogP contribution < -0.4 is 5.73 Å². The summed E-state index contributed by atoms with van der Waals surface area (Å²) in [4.78, 5) is 9.47. The van der Waals surface area contributed by atoms with Crippen molar-refractivity contribution in [3.63, 3.8) is 0 Å². The third kappa shape index (κ3) is 32.1. The van der Waals surface area contributed by atoms with E-state index in [4.69, 9.17) is 4.55 Å². The van der Waals surface area contributed by atoms with Crippen molar-refractivity contribution in [2.24, 2.45) is 5.73 Å². The molecule has 0 aromatic heterocycles. The van der Waals surface area contributed by atoms with E-state index in [1.165, 1.54) is 6.92 Å². The summed E-state index contributed by atoms with van der Waals surface area (Å²) in [5, 5.41) is 0. The van der Waals surface area contributed by atoms with Crippen molar-refractivity contribution in [2.75, 3.05) is 5.75 Å². The number of amides is 1. The Morgan fingerprint density at radius 1 is 1.67 bits per heavy atom. The summed E-state index contributed by atoms with van der Waals surface area (Å²) in [5.74, 6) is -0.683. The first-order valence-electron chi connectivity index (χ1n) is 2.70. The molecule has 0 saturated carbocycles. The first-order chi connectivity index (χ1) is 4.83. The normalized spacial score (nSPS) is 8.50. The first kappa shape index (κ1) is 18.0. The van der Waals surface area contributed by atoms with E-state index >= 15 is 0 Å². The van der Waals surface area contributed by atoms with Gasteiger partial charge in [0.2, 0.25) is 5.91 Å². The second-order valence-corrected chi connectivity index (χ2v) is 3.22. The predicted octanol–water partition coefficient (Wildman–Crippen LogP) is -1.10. The molecule has 0 atom stereocenters. The van der Waals surface area contributed by atoms with E-state index < -0.39 is 16.0 Å². The summed E-state index contributed by atoms with van der Waals surface area (Å²) < 4.78 is 26.9. The van der Waals surface area contributed by atoms with Crippen LogP contribution in [0.5, 0.6) is 0 Å². The van der Waals surface area contributed by atoms with Gasteiger partial charge in [0.1, 0.15) is 0 Å². The summed E-state index contributed by atoms with van der Waals surface area (Å²) in [6, 6.07) is 0. The van der Waals surface area contributed by atoms with E-state index in [2.05, 4.69) is 12.3 Å². The Labute approximate surface area is 94.1 Å². The SMILES string of the molecule is C=CC(N)=O.CCS(=O)(=O)O.[NaH]. The molecule has 0 unspecified atom stereocenters. The molecule has 5 nitrogen and oxygen atoms in total. The van der Waals surface area contributed by atoms with Crippen LogP contribution in [0.2, 0.25) is 0 Å². The van der Waals surface area contributed by atoms with Crippen LogP contribution in [0.15, 0.2) is 12.7 Å². The second kappa shape index (κ2) is 9.21. The van der Waals surface area contributed by atoms with Crippen molar-refractivity contribution < 1.29 is 17.8 Å². The Hall–Kier alpha value is 0.120. The Balaban J connectivity index is -0.000000126. The third-order valence-corrected chi connectivity index (χ3v) is 1.30. The molecule has 0 aliphatic heterocycles. The van der Waals surface area contributed by atoms with Crippen molar-refractivity contribution >= 4 is 45.6 Å². The fourth-order valence-electron chi connectivity index (χ4n) is 0. The van der Waals surface area contributed by atoms with Gasteiger partial charge in [0, 0.05) is 0 Å². The van der Waals surface area contributed by atoms with Crippen molar-refractivity contribution in [2.45, 2.75) is 6.92 Å². The van der Waals surface area contributed by atoms with Crippen molar-refractivity contribution in [3.8, 4) is 0 Å². The van der Waals surface area contributed by atoms with E-state index in [1.54, 1.807) is 0 Å². The number of hydrogen-bond donors (Lipinski definition) is 2. The van der Waals surface area contributed by atoms with E-state index in [-0.39, 0.29) is 35.3 Å². The number of nitrogens with two attached hydrogens (primary N) is 1. The molecule has 0 saturated heterocycles. The molecule has 0 aliphatic carbocycles. The molecule has 0 radical (unpaired) electrons. The molecule has 0 fully saturated rings. The molecule has 0 rings (SSSR count). The van der Waals surface area contributed by atoms with Crippen molar-refractivity contribution in [3.05, 3.63) is 12.7 Å².